The maximum absolute atomic E-state index is 12.9. The molecule has 0 fully saturated rings. The van der Waals surface area contributed by atoms with Gasteiger partial charge in [-0.3, -0.25) is 14.3 Å². The highest BCUT2D eigenvalue weighted by Crippen LogP contribution is 2.35. The summed E-state index contributed by atoms with van der Waals surface area (Å²) in [5.74, 6) is 1.22. The summed E-state index contributed by atoms with van der Waals surface area (Å²) in [4.78, 5) is 34.4. The predicted molar refractivity (Wildman–Crippen MR) is 125 cm³/mol. The van der Waals surface area contributed by atoms with Crippen LogP contribution in [0.15, 0.2) is 46.1 Å². The number of fused-ring (bicyclic) bond motifs is 1. The van der Waals surface area contributed by atoms with Gasteiger partial charge in [0, 0.05) is 32.3 Å². The van der Waals surface area contributed by atoms with Crippen molar-refractivity contribution in [2.45, 2.75) is 13.5 Å². The van der Waals surface area contributed by atoms with Crippen LogP contribution >= 0.6 is 0 Å². The number of imidazole rings is 1. The van der Waals surface area contributed by atoms with Crippen molar-refractivity contribution in [3.8, 4) is 23.1 Å². The second-order valence-electron chi connectivity index (χ2n) is 7.76. The molecule has 2 N–H and O–H groups in total. The lowest BCUT2D eigenvalue weighted by Crippen LogP contribution is -2.24. The maximum atomic E-state index is 12.9. The molecule has 0 amide bonds. The summed E-state index contributed by atoms with van der Waals surface area (Å²) in [6.45, 7) is 2.19. The van der Waals surface area contributed by atoms with Crippen LogP contribution in [0.1, 0.15) is 11.1 Å². The summed E-state index contributed by atoms with van der Waals surface area (Å²) in [6.07, 6.45) is 1.36. The highest BCUT2D eigenvalue weighted by atomic mass is 16.5. The number of rotatable bonds is 6. The number of aromatic nitrogens is 4. The smallest absolute Gasteiger partial charge is 0.335 e. The fourth-order valence-electron chi connectivity index (χ4n) is 3.95. The lowest BCUT2D eigenvalue weighted by atomic mass is 10.1. The Morgan fingerprint density at radius 3 is 2.58 bits per heavy atom. The quantitative estimate of drug-likeness (QED) is 0.461. The molecule has 2 aromatic carbocycles. The van der Waals surface area contributed by atoms with Gasteiger partial charge in [0.25, 0.3) is 5.56 Å². The van der Waals surface area contributed by atoms with Gasteiger partial charge in [-0.2, -0.15) is 0 Å². The largest absolute Gasteiger partial charge is 0.493 e. The first-order valence-corrected chi connectivity index (χ1v) is 10.2. The molecule has 0 aliphatic rings. The zero-order chi connectivity index (χ0) is 23.9. The SMILES string of the molecule is COc1cc2nc(N(C)Cc3cccc(-n4c(O)cn(C)c4=O)c3)[nH]c(=O)c2c(C)c1OC. The number of H-pyrrole nitrogens is 1. The molecule has 0 spiro atoms. The lowest BCUT2D eigenvalue weighted by molar-refractivity contribution is 0.354. The molecule has 10 heteroatoms. The Labute approximate surface area is 189 Å². The number of aromatic amines is 1. The van der Waals surface area contributed by atoms with Gasteiger partial charge in [0.15, 0.2) is 11.5 Å². The molecular weight excluding hydrogens is 426 g/mol. The third-order valence-corrected chi connectivity index (χ3v) is 5.55. The summed E-state index contributed by atoms with van der Waals surface area (Å²) < 4.78 is 13.3. The average Bonchev–Trinajstić information content (AvgIpc) is 3.04. The summed E-state index contributed by atoms with van der Waals surface area (Å²) in [5, 5.41) is 10.5. The molecule has 2 heterocycles. The third-order valence-electron chi connectivity index (χ3n) is 5.55. The number of nitrogens with zero attached hydrogens (tertiary/aromatic N) is 4. The van der Waals surface area contributed by atoms with E-state index >= 15 is 0 Å². The number of ether oxygens (including phenoxy) is 2. The highest BCUT2D eigenvalue weighted by molar-refractivity contribution is 5.86. The van der Waals surface area contributed by atoms with Crippen LogP contribution in [0.25, 0.3) is 16.6 Å². The number of hydrogen-bond donors (Lipinski definition) is 2. The molecule has 33 heavy (non-hydrogen) atoms. The molecule has 2 aromatic heterocycles. The van der Waals surface area contributed by atoms with Crippen LogP contribution in [0.5, 0.6) is 17.4 Å². The van der Waals surface area contributed by atoms with Crippen molar-refractivity contribution in [1.29, 1.82) is 0 Å². The average molecular weight is 451 g/mol. The topological polar surface area (TPSA) is 115 Å². The van der Waals surface area contributed by atoms with Gasteiger partial charge in [-0.05, 0) is 24.6 Å². The summed E-state index contributed by atoms with van der Waals surface area (Å²) in [6, 6.07) is 8.91. The van der Waals surface area contributed by atoms with E-state index in [9.17, 15) is 14.7 Å². The standard InChI is InChI=1S/C23H25N5O5/c1-13-19-16(10-17(32-4)20(13)33-5)24-22(25-21(19)30)26(2)11-14-7-6-8-15(9-14)28-18(29)12-27(3)23(28)31/h6-10,12,29H,11H2,1-5H3,(H,24,25,30). The summed E-state index contributed by atoms with van der Waals surface area (Å²) in [5.41, 5.74) is 1.90. The van der Waals surface area contributed by atoms with Gasteiger partial charge in [-0.1, -0.05) is 12.1 Å². The minimum absolute atomic E-state index is 0.145. The summed E-state index contributed by atoms with van der Waals surface area (Å²) in [7, 11) is 6.44. The normalized spacial score (nSPS) is 11.1. The van der Waals surface area contributed by atoms with Gasteiger partial charge in [0.05, 0.1) is 37.0 Å². The van der Waals surface area contributed by atoms with E-state index in [1.54, 1.807) is 50.2 Å². The molecule has 0 radical (unpaired) electrons. The molecule has 4 rings (SSSR count). The van der Waals surface area contributed by atoms with Crippen molar-refractivity contribution >= 4 is 16.9 Å². The molecule has 0 saturated heterocycles. The van der Waals surface area contributed by atoms with E-state index in [1.165, 1.54) is 29.6 Å². The van der Waals surface area contributed by atoms with Crippen LogP contribution in [0.4, 0.5) is 5.95 Å². The van der Waals surface area contributed by atoms with E-state index in [0.717, 1.165) is 5.56 Å². The molecule has 0 aliphatic heterocycles. The predicted octanol–water partition coefficient (Wildman–Crippen LogP) is 2.08. The zero-order valence-corrected chi connectivity index (χ0v) is 19.0. The van der Waals surface area contributed by atoms with Crippen molar-refractivity contribution in [1.82, 2.24) is 19.1 Å². The fraction of sp³-hybridized carbons (Fsp3) is 0.261. The molecule has 0 saturated carbocycles. The fourth-order valence-corrected chi connectivity index (χ4v) is 3.95. The van der Waals surface area contributed by atoms with Crippen LogP contribution in [0.3, 0.4) is 0 Å². The Morgan fingerprint density at radius 1 is 1.18 bits per heavy atom. The highest BCUT2D eigenvalue weighted by Gasteiger charge is 2.17. The second kappa shape index (κ2) is 8.38. The second-order valence-corrected chi connectivity index (χ2v) is 7.76. The van der Waals surface area contributed by atoms with Gasteiger partial charge < -0.3 is 19.5 Å². The number of nitrogens with one attached hydrogen (secondary N) is 1. The number of aromatic hydroxyl groups is 1. The first-order valence-electron chi connectivity index (χ1n) is 10.2. The monoisotopic (exact) mass is 451 g/mol. The first-order chi connectivity index (χ1) is 15.7. The van der Waals surface area contributed by atoms with Crippen LogP contribution in [-0.2, 0) is 13.6 Å². The van der Waals surface area contributed by atoms with Crippen LogP contribution < -0.4 is 25.6 Å². The molecule has 0 bridgehead atoms. The van der Waals surface area contributed by atoms with Gasteiger partial charge in [-0.15, -0.1) is 0 Å². The van der Waals surface area contributed by atoms with Crippen LogP contribution in [0.2, 0.25) is 0 Å². The van der Waals surface area contributed by atoms with Crippen molar-refractivity contribution in [3.63, 3.8) is 0 Å². The molecule has 0 unspecified atom stereocenters. The minimum atomic E-state index is -0.349. The van der Waals surface area contributed by atoms with Gasteiger partial charge >= 0.3 is 5.69 Å². The molecule has 0 atom stereocenters. The Morgan fingerprint density at radius 2 is 1.94 bits per heavy atom. The van der Waals surface area contributed by atoms with Gasteiger partial charge in [0.1, 0.15) is 0 Å². The van der Waals surface area contributed by atoms with Crippen molar-refractivity contribution in [3.05, 3.63) is 68.5 Å². The molecule has 0 aliphatic carbocycles. The van der Waals surface area contributed by atoms with E-state index in [4.69, 9.17) is 9.47 Å². The third kappa shape index (κ3) is 3.79. The Balaban J connectivity index is 1.71. The van der Waals surface area contributed by atoms with E-state index in [-0.39, 0.29) is 17.1 Å². The van der Waals surface area contributed by atoms with E-state index in [2.05, 4.69) is 9.97 Å². The van der Waals surface area contributed by atoms with E-state index < -0.39 is 0 Å². The van der Waals surface area contributed by atoms with E-state index in [0.29, 0.717) is 46.1 Å². The Kier molecular flexibility index (Phi) is 5.59. The van der Waals surface area contributed by atoms with Crippen LogP contribution in [0, 0.1) is 6.92 Å². The van der Waals surface area contributed by atoms with Crippen molar-refractivity contribution < 1.29 is 14.6 Å². The first kappa shape index (κ1) is 22.0. The maximum Gasteiger partial charge on any atom is 0.335 e. The minimum Gasteiger partial charge on any atom is -0.493 e. The lowest BCUT2D eigenvalue weighted by Gasteiger charge is -2.19. The molecular formula is C23H25N5O5. The number of anilines is 1. The number of benzene rings is 2. The number of aryl methyl sites for hydroxylation is 2. The Bertz CT molecular complexity index is 1470. The van der Waals surface area contributed by atoms with Crippen molar-refractivity contribution in [2.24, 2.45) is 7.05 Å². The van der Waals surface area contributed by atoms with E-state index in [1.807, 2.05) is 6.07 Å². The zero-order valence-electron chi connectivity index (χ0n) is 19.0. The van der Waals surface area contributed by atoms with Crippen molar-refractivity contribution in [2.75, 3.05) is 26.2 Å². The van der Waals surface area contributed by atoms with Gasteiger partial charge in [0.2, 0.25) is 11.8 Å². The van der Waals surface area contributed by atoms with Crippen LogP contribution in [-0.4, -0.2) is 45.5 Å². The molecule has 10 nitrogen and oxygen atoms in total. The summed E-state index contributed by atoms with van der Waals surface area (Å²) >= 11 is 0. The van der Waals surface area contributed by atoms with Gasteiger partial charge in [-0.25, -0.2) is 14.3 Å². The Hall–Kier alpha value is -4.21. The number of hydrogen-bond acceptors (Lipinski definition) is 7. The molecule has 4 aromatic rings. The number of methoxy groups -OCH3 is 2. The molecule has 172 valence electrons.